The van der Waals surface area contributed by atoms with Crippen molar-refractivity contribution < 1.29 is 9.32 Å². The van der Waals surface area contributed by atoms with Gasteiger partial charge in [0.15, 0.2) is 11.5 Å². The number of aromatic nitrogens is 5. The third kappa shape index (κ3) is 2.74. The van der Waals surface area contributed by atoms with E-state index in [1.54, 1.807) is 28.0 Å². The largest absolute Gasteiger partial charge is 0.332 e. The number of nitrogens with zero attached hydrogens (tertiary/aromatic N) is 6. The Hall–Kier alpha value is -2.55. The first-order chi connectivity index (χ1) is 12.1. The molecular formula is C16H15BrN6O2. The maximum Gasteiger partial charge on any atom is 0.278 e. The Bertz CT molecular complexity index is 963. The molecule has 3 aromatic rings. The molecule has 1 aliphatic heterocycles. The van der Waals surface area contributed by atoms with Gasteiger partial charge < -0.3 is 9.42 Å². The third-order valence-electron chi connectivity index (χ3n) is 4.19. The minimum Gasteiger partial charge on any atom is -0.332 e. The van der Waals surface area contributed by atoms with E-state index in [2.05, 4.69) is 36.2 Å². The fourth-order valence-electron chi connectivity index (χ4n) is 2.91. The highest BCUT2D eigenvalue weighted by atomic mass is 79.9. The second-order valence-electron chi connectivity index (χ2n) is 5.82. The maximum atomic E-state index is 12.8. The Morgan fingerprint density at radius 1 is 1.36 bits per heavy atom. The van der Waals surface area contributed by atoms with Gasteiger partial charge in [-0.15, -0.1) is 0 Å². The summed E-state index contributed by atoms with van der Waals surface area (Å²) in [4.78, 5) is 22.9. The van der Waals surface area contributed by atoms with Gasteiger partial charge in [-0.05, 0) is 22.0 Å². The van der Waals surface area contributed by atoms with Crippen LogP contribution in [0.4, 0.5) is 0 Å². The number of amides is 1. The molecule has 0 saturated heterocycles. The lowest BCUT2D eigenvalue weighted by Crippen LogP contribution is -2.26. The Kier molecular flexibility index (Phi) is 3.87. The van der Waals surface area contributed by atoms with Gasteiger partial charge >= 0.3 is 0 Å². The van der Waals surface area contributed by atoms with Crippen LogP contribution in [0, 0.1) is 0 Å². The minimum atomic E-state index is -0.0734. The zero-order valence-corrected chi connectivity index (χ0v) is 15.3. The minimum absolute atomic E-state index is 0.0734. The summed E-state index contributed by atoms with van der Waals surface area (Å²) in [6.45, 7) is 2.90. The van der Waals surface area contributed by atoms with Gasteiger partial charge in [-0.1, -0.05) is 12.1 Å². The van der Waals surface area contributed by atoms with E-state index in [-0.39, 0.29) is 5.91 Å². The van der Waals surface area contributed by atoms with Crippen LogP contribution in [-0.4, -0.2) is 35.7 Å². The van der Waals surface area contributed by atoms with Crippen LogP contribution in [-0.2, 0) is 26.6 Å². The van der Waals surface area contributed by atoms with Crippen molar-refractivity contribution in [3.05, 3.63) is 45.6 Å². The van der Waals surface area contributed by atoms with Crippen LogP contribution in [0.1, 0.15) is 34.4 Å². The van der Waals surface area contributed by atoms with E-state index < -0.39 is 0 Å². The van der Waals surface area contributed by atoms with E-state index in [4.69, 9.17) is 4.52 Å². The number of rotatable bonds is 3. The second kappa shape index (κ2) is 6.07. The van der Waals surface area contributed by atoms with Crippen molar-refractivity contribution in [2.24, 2.45) is 7.05 Å². The average Bonchev–Trinajstić information content (AvgIpc) is 3.31. The van der Waals surface area contributed by atoms with Crippen LogP contribution in [0.5, 0.6) is 0 Å². The Morgan fingerprint density at radius 2 is 2.20 bits per heavy atom. The second-order valence-corrected chi connectivity index (χ2v) is 6.74. The Morgan fingerprint density at radius 3 is 2.92 bits per heavy atom. The Labute approximate surface area is 152 Å². The normalized spacial score (nSPS) is 13.3. The van der Waals surface area contributed by atoms with Crippen LogP contribution in [0.3, 0.4) is 0 Å². The van der Waals surface area contributed by atoms with Gasteiger partial charge in [-0.3, -0.25) is 14.5 Å². The van der Waals surface area contributed by atoms with Crippen molar-refractivity contribution in [3.63, 3.8) is 0 Å². The molecular weight excluding hydrogens is 388 g/mol. The van der Waals surface area contributed by atoms with Crippen LogP contribution >= 0.6 is 15.9 Å². The van der Waals surface area contributed by atoms with Crippen molar-refractivity contribution in [2.75, 3.05) is 0 Å². The summed E-state index contributed by atoms with van der Waals surface area (Å²) in [5.74, 6) is 0.961. The number of pyridine rings is 1. The molecule has 0 aliphatic carbocycles. The van der Waals surface area contributed by atoms with Crippen molar-refractivity contribution in [2.45, 2.75) is 26.4 Å². The summed E-state index contributed by atoms with van der Waals surface area (Å²) in [6.07, 6.45) is 3.91. The van der Waals surface area contributed by atoms with Crippen molar-refractivity contribution in [1.29, 1.82) is 0 Å². The van der Waals surface area contributed by atoms with Gasteiger partial charge in [0.1, 0.15) is 0 Å². The van der Waals surface area contributed by atoms with Crippen molar-refractivity contribution in [1.82, 2.24) is 29.8 Å². The van der Waals surface area contributed by atoms with Crippen LogP contribution in [0.2, 0.25) is 0 Å². The SMILES string of the molecule is CCc1noc(-c2nn(C)c3c2CN(C(=O)c2cncc(Br)c2)C3)n1. The number of fused-ring (bicyclic) bond motifs is 1. The summed E-state index contributed by atoms with van der Waals surface area (Å²) in [6, 6.07) is 1.77. The monoisotopic (exact) mass is 402 g/mol. The number of carbonyl (C=O) groups excluding carboxylic acids is 1. The van der Waals surface area contributed by atoms with E-state index in [9.17, 15) is 4.79 Å². The lowest BCUT2D eigenvalue weighted by atomic mass is 10.2. The van der Waals surface area contributed by atoms with Gasteiger partial charge in [0.05, 0.1) is 24.3 Å². The first kappa shape index (κ1) is 15.9. The molecule has 1 aliphatic rings. The lowest BCUT2D eigenvalue weighted by molar-refractivity contribution is 0.0748. The fourth-order valence-corrected chi connectivity index (χ4v) is 3.28. The first-order valence-electron chi connectivity index (χ1n) is 7.84. The fraction of sp³-hybridized carbons (Fsp3) is 0.312. The number of aryl methyl sites for hydroxylation is 2. The molecule has 0 spiro atoms. The molecule has 0 atom stereocenters. The van der Waals surface area contributed by atoms with E-state index in [0.717, 1.165) is 15.7 Å². The van der Waals surface area contributed by atoms with E-state index in [1.807, 2.05) is 14.0 Å². The van der Waals surface area contributed by atoms with E-state index in [0.29, 0.717) is 42.5 Å². The van der Waals surface area contributed by atoms with E-state index in [1.165, 1.54) is 0 Å². The van der Waals surface area contributed by atoms with Crippen LogP contribution in [0.25, 0.3) is 11.6 Å². The molecule has 4 rings (SSSR count). The molecule has 9 heteroatoms. The summed E-state index contributed by atoms with van der Waals surface area (Å²) in [7, 11) is 1.86. The highest BCUT2D eigenvalue weighted by Gasteiger charge is 2.32. The molecule has 0 unspecified atom stereocenters. The summed E-state index contributed by atoms with van der Waals surface area (Å²) < 4.78 is 7.86. The van der Waals surface area contributed by atoms with Crippen molar-refractivity contribution >= 4 is 21.8 Å². The van der Waals surface area contributed by atoms with Gasteiger partial charge in [0.25, 0.3) is 11.8 Å². The average molecular weight is 403 g/mol. The maximum absolute atomic E-state index is 12.8. The van der Waals surface area contributed by atoms with Gasteiger partial charge in [0, 0.05) is 35.9 Å². The molecule has 0 bridgehead atoms. The summed E-state index contributed by atoms with van der Waals surface area (Å²) >= 11 is 3.35. The standard InChI is InChI=1S/C16H15BrN6O2/c1-3-13-19-15(25-21-13)14-11-7-23(8-12(11)22(2)20-14)16(24)9-4-10(17)6-18-5-9/h4-6H,3,7-8H2,1-2H3. The topological polar surface area (TPSA) is 89.9 Å². The molecule has 0 saturated carbocycles. The third-order valence-corrected chi connectivity index (χ3v) is 4.62. The van der Waals surface area contributed by atoms with Crippen LogP contribution < -0.4 is 0 Å². The molecule has 25 heavy (non-hydrogen) atoms. The smallest absolute Gasteiger partial charge is 0.278 e. The Balaban J connectivity index is 1.64. The highest BCUT2D eigenvalue weighted by Crippen LogP contribution is 2.32. The molecule has 0 N–H and O–H groups in total. The molecule has 0 radical (unpaired) electrons. The summed E-state index contributed by atoms with van der Waals surface area (Å²) in [5.41, 5.74) is 3.11. The van der Waals surface area contributed by atoms with Gasteiger partial charge in [0.2, 0.25) is 0 Å². The molecule has 0 fully saturated rings. The molecule has 128 valence electrons. The van der Waals surface area contributed by atoms with Crippen LogP contribution in [0.15, 0.2) is 27.5 Å². The number of hydrogen-bond donors (Lipinski definition) is 0. The molecule has 0 aromatic carbocycles. The quantitative estimate of drug-likeness (QED) is 0.667. The van der Waals surface area contributed by atoms with Gasteiger partial charge in [-0.2, -0.15) is 10.1 Å². The van der Waals surface area contributed by atoms with Gasteiger partial charge in [-0.25, -0.2) is 0 Å². The number of carbonyl (C=O) groups is 1. The zero-order chi connectivity index (χ0) is 17.6. The molecule has 1 amide bonds. The lowest BCUT2D eigenvalue weighted by Gasteiger charge is -2.16. The predicted octanol–water partition coefficient (Wildman–Crippen LogP) is 2.35. The highest BCUT2D eigenvalue weighted by molar-refractivity contribution is 9.10. The molecule has 4 heterocycles. The van der Waals surface area contributed by atoms with E-state index >= 15 is 0 Å². The zero-order valence-electron chi connectivity index (χ0n) is 13.7. The first-order valence-corrected chi connectivity index (χ1v) is 8.63. The van der Waals surface area contributed by atoms with Crippen molar-refractivity contribution in [3.8, 4) is 11.6 Å². The summed E-state index contributed by atoms with van der Waals surface area (Å²) in [5, 5.41) is 8.42. The number of halogens is 1. The molecule has 3 aromatic heterocycles. The molecule has 8 nitrogen and oxygen atoms in total. The predicted molar refractivity (Wildman–Crippen MR) is 91.4 cm³/mol. The number of hydrogen-bond acceptors (Lipinski definition) is 6.